The summed E-state index contributed by atoms with van der Waals surface area (Å²) < 4.78 is 13.3. The van der Waals surface area contributed by atoms with E-state index in [9.17, 15) is 0 Å². The van der Waals surface area contributed by atoms with Crippen LogP contribution in [0.25, 0.3) is 55.3 Å². The van der Waals surface area contributed by atoms with Crippen LogP contribution in [0.4, 0.5) is 0 Å². The summed E-state index contributed by atoms with van der Waals surface area (Å²) in [5.41, 5.74) is 15.7. The van der Waals surface area contributed by atoms with E-state index in [1.807, 2.05) is 18.2 Å². The van der Waals surface area contributed by atoms with E-state index >= 15 is 0 Å². The van der Waals surface area contributed by atoms with Gasteiger partial charge in [-0.1, -0.05) is 194 Å². The second-order valence-electron chi connectivity index (χ2n) is 16.4. The van der Waals surface area contributed by atoms with Crippen molar-refractivity contribution >= 4 is 33.6 Å². The van der Waals surface area contributed by atoms with E-state index in [4.69, 9.17) is 19.1 Å². The van der Waals surface area contributed by atoms with Crippen LogP contribution in [0.3, 0.4) is 0 Å². The van der Waals surface area contributed by atoms with Crippen molar-refractivity contribution in [2.24, 2.45) is 9.98 Å². The van der Waals surface area contributed by atoms with Gasteiger partial charge in [-0.15, -0.1) is 0 Å². The average Bonchev–Trinajstić information content (AvgIpc) is 3.88. The Morgan fingerprint density at radius 2 is 1.02 bits per heavy atom. The molecule has 0 bridgehead atoms. The van der Waals surface area contributed by atoms with Crippen molar-refractivity contribution in [1.82, 2.24) is 5.32 Å². The largest absolute Gasteiger partial charge is 0.457 e. The average molecular weight is 808 g/mol. The van der Waals surface area contributed by atoms with Gasteiger partial charge in [0.1, 0.15) is 34.7 Å². The maximum Gasteiger partial charge on any atom is 0.159 e. The summed E-state index contributed by atoms with van der Waals surface area (Å²) in [5, 5.41) is 5.95. The van der Waals surface area contributed by atoms with Crippen LogP contribution in [0.5, 0.6) is 11.5 Å². The van der Waals surface area contributed by atoms with Crippen LogP contribution >= 0.6 is 0 Å². The molecule has 0 saturated heterocycles. The lowest BCUT2D eigenvalue weighted by Gasteiger charge is -2.39. The third kappa shape index (κ3) is 5.36. The van der Waals surface area contributed by atoms with Crippen LogP contribution in [-0.2, 0) is 5.41 Å². The minimum atomic E-state index is -0.521. The summed E-state index contributed by atoms with van der Waals surface area (Å²) in [6, 6.07) is 74.8. The highest BCUT2D eigenvalue weighted by atomic mass is 16.5. The maximum absolute atomic E-state index is 6.90. The molecule has 0 saturated carbocycles. The molecule has 1 aliphatic carbocycles. The Morgan fingerprint density at radius 1 is 0.429 bits per heavy atom. The lowest BCUT2D eigenvalue weighted by atomic mass is 9.66. The van der Waals surface area contributed by atoms with Crippen LogP contribution in [0, 0.1) is 0 Å². The van der Waals surface area contributed by atoms with Crippen molar-refractivity contribution < 1.29 is 9.15 Å². The van der Waals surface area contributed by atoms with Crippen molar-refractivity contribution in [3.05, 3.63) is 251 Å². The molecular formula is C58H37N3O2. The molecule has 3 heterocycles. The number of ether oxygens (including phenoxy) is 1. The fourth-order valence-electron chi connectivity index (χ4n) is 10.3. The van der Waals surface area contributed by atoms with E-state index in [0.717, 1.165) is 89.3 Å². The van der Waals surface area contributed by atoms with Crippen LogP contribution in [0.1, 0.15) is 45.1 Å². The van der Waals surface area contributed by atoms with Crippen LogP contribution < -0.4 is 10.1 Å². The Morgan fingerprint density at radius 3 is 1.81 bits per heavy atom. The number of furan rings is 1. The number of benzene rings is 9. The fraction of sp³-hybridized carbons (Fsp3) is 0.0345. The maximum atomic E-state index is 6.90. The number of amidine groups is 2. The van der Waals surface area contributed by atoms with Gasteiger partial charge in [0, 0.05) is 38.6 Å². The van der Waals surface area contributed by atoms with E-state index in [-0.39, 0.29) is 6.17 Å². The third-order valence-electron chi connectivity index (χ3n) is 13.1. The summed E-state index contributed by atoms with van der Waals surface area (Å²) in [4.78, 5) is 10.5. The molecule has 1 spiro atoms. The molecule has 5 nitrogen and oxygen atoms in total. The summed E-state index contributed by atoms with van der Waals surface area (Å²) in [5.74, 6) is 3.12. The highest BCUT2D eigenvalue weighted by Crippen LogP contribution is 2.62. The summed E-state index contributed by atoms with van der Waals surface area (Å²) >= 11 is 0. The lowest BCUT2D eigenvalue weighted by molar-refractivity contribution is 0.436. The van der Waals surface area contributed by atoms with Crippen molar-refractivity contribution in [3.8, 4) is 44.9 Å². The summed E-state index contributed by atoms with van der Waals surface area (Å²) in [7, 11) is 0. The SMILES string of the molecule is c1ccc(C2N=C(c3ccc(-c4cccc5c4oc4ccccc45)cc3)N=C(c3ccccc3-c3ccc4c(c3)Oc3ccccc3C43c4ccccc4-c4ccccc43)N2)cc1. The first kappa shape index (κ1) is 35.5. The predicted molar refractivity (Wildman–Crippen MR) is 254 cm³/mol. The van der Waals surface area contributed by atoms with Crippen molar-refractivity contribution in [3.63, 3.8) is 0 Å². The van der Waals surface area contributed by atoms with Gasteiger partial charge in [-0.05, 0) is 62.7 Å². The highest BCUT2D eigenvalue weighted by molar-refractivity contribution is 6.15. The third-order valence-corrected chi connectivity index (χ3v) is 13.1. The van der Waals surface area contributed by atoms with Crippen molar-refractivity contribution in [2.75, 3.05) is 0 Å². The smallest absolute Gasteiger partial charge is 0.159 e. The Kier molecular flexibility index (Phi) is 7.81. The standard InChI is InChI=1S/C58H37N3O2/c1-2-15-37(16-3-1)55-59-56(38-31-29-36(30-32-38)41-22-14-23-45-44-20-8-12-27-51(44)63-54(41)45)61-57(60-55)46-21-5-4-17-40(46)39-33-34-50-53(35-39)62-52-28-13-11-26-49(52)58(50)47-24-9-6-18-42(47)43-19-7-10-25-48(43)58/h1-35,55H,(H,59,60,61). The first-order valence-electron chi connectivity index (χ1n) is 21.4. The molecule has 0 amide bonds. The Balaban J connectivity index is 0.921. The number of nitrogens with zero attached hydrogens (tertiary/aromatic N) is 2. The number of fused-ring (bicyclic) bond motifs is 12. The van der Waals surface area contributed by atoms with Crippen molar-refractivity contribution in [1.29, 1.82) is 0 Å². The number of para-hydroxylation sites is 3. The van der Waals surface area contributed by atoms with Gasteiger partial charge in [0.05, 0.1) is 5.41 Å². The van der Waals surface area contributed by atoms with Crippen LogP contribution in [0.15, 0.2) is 227 Å². The van der Waals surface area contributed by atoms with Crippen LogP contribution in [-0.4, -0.2) is 11.7 Å². The molecule has 13 rings (SSSR count). The molecule has 1 aromatic heterocycles. The predicted octanol–water partition coefficient (Wildman–Crippen LogP) is 13.9. The molecule has 1 unspecified atom stereocenters. The number of hydrogen-bond acceptors (Lipinski definition) is 5. The lowest BCUT2D eigenvalue weighted by Crippen LogP contribution is -2.34. The van der Waals surface area contributed by atoms with Crippen molar-refractivity contribution in [2.45, 2.75) is 11.6 Å². The van der Waals surface area contributed by atoms with E-state index in [1.54, 1.807) is 0 Å². The summed E-state index contributed by atoms with van der Waals surface area (Å²) in [6.07, 6.45) is -0.351. The first-order chi connectivity index (χ1) is 31.2. The Labute approximate surface area is 364 Å². The topological polar surface area (TPSA) is 59.1 Å². The highest BCUT2D eigenvalue weighted by Gasteiger charge is 2.51. The molecule has 296 valence electrons. The molecular weight excluding hydrogens is 771 g/mol. The molecule has 3 aliphatic rings. The van der Waals surface area contributed by atoms with Crippen LogP contribution in [0.2, 0.25) is 0 Å². The van der Waals surface area contributed by atoms with Gasteiger partial charge in [0.15, 0.2) is 5.84 Å². The molecule has 63 heavy (non-hydrogen) atoms. The molecule has 5 heteroatoms. The molecule has 0 fully saturated rings. The number of aliphatic imine (C=N–C) groups is 2. The first-order valence-corrected chi connectivity index (χ1v) is 21.4. The Bertz CT molecular complexity index is 3480. The van der Waals surface area contributed by atoms with E-state index < -0.39 is 5.41 Å². The van der Waals surface area contributed by atoms with Gasteiger partial charge in [-0.2, -0.15) is 0 Å². The quantitative estimate of drug-likeness (QED) is 0.188. The minimum Gasteiger partial charge on any atom is -0.457 e. The zero-order chi connectivity index (χ0) is 41.5. The monoisotopic (exact) mass is 807 g/mol. The van der Waals surface area contributed by atoms with Gasteiger partial charge in [-0.3, -0.25) is 0 Å². The second kappa shape index (κ2) is 13.9. The Hall–Kier alpha value is -8.28. The molecule has 1 N–H and O–H groups in total. The second-order valence-corrected chi connectivity index (χ2v) is 16.4. The molecule has 2 aliphatic heterocycles. The molecule has 0 radical (unpaired) electrons. The van der Waals surface area contributed by atoms with Gasteiger partial charge in [0.2, 0.25) is 0 Å². The normalized spacial score (nSPS) is 15.4. The zero-order valence-electron chi connectivity index (χ0n) is 34.0. The number of hydrogen-bond donors (Lipinski definition) is 1. The van der Waals surface area contributed by atoms with Gasteiger partial charge < -0.3 is 14.5 Å². The summed E-state index contributed by atoms with van der Waals surface area (Å²) in [6.45, 7) is 0. The van der Waals surface area contributed by atoms with E-state index in [2.05, 4.69) is 199 Å². The van der Waals surface area contributed by atoms with Gasteiger partial charge >= 0.3 is 0 Å². The molecule has 10 aromatic rings. The molecule has 1 atom stereocenters. The van der Waals surface area contributed by atoms with E-state index in [1.165, 1.54) is 22.3 Å². The fourth-order valence-corrected chi connectivity index (χ4v) is 10.3. The van der Waals surface area contributed by atoms with Gasteiger partial charge in [0.25, 0.3) is 0 Å². The minimum absolute atomic E-state index is 0.351. The number of rotatable bonds is 5. The molecule has 9 aromatic carbocycles. The van der Waals surface area contributed by atoms with E-state index in [0.29, 0.717) is 5.84 Å². The number of nitrogens with one attached hydrogen (secondary N) is 1. The van der Waals surface area contributed by atoms with Gasteiger partial charge in [-0.25, -0.2) is 9.98 Å². The zero-order valence-corrected chi connectivity index (χ0v) is 34.0.